The lowest BCUT2D eigenvalue weighted by atomic mass is 10.4. The van der Waals surface area contributed by atoms with Gasteiger partial charge in [0.15, 0.2) is 13.8 Å². The lowest BCUT2D eigenvalue weighted by Gasteiger charge is -2.00. The number of nitrogens with one attached hydrogen (secondary N) is 1. The molecular weight excluding hydrogens is 238 g/mol. The Bertz CT molecular complexity index is 429. The molecule has 0 aliphatic rings. The van der Waals surface area contributed by atoms with Crippen LogP contribution in [0.25, 0.3) is 0 Å². The van der Waals surface area contributed by atoms with E-state index in [1.165, 1.54) is 11.3 Å². The minimum atomic E-state index is -2.95. The van der Waals surface area contributed by atoms with Gasteiger partial charge in [-0.2, -0.15) is 0 Å². The van der Waals surface area contributed by atoms with E-state index in [-0.39, 0.29) is 11.5 Å². The van der Waals surface area contributed by atoms with E-state index in [0.717, 1.165) is 12.8 Å². The number of hydrogen-bond acceptors (Lipinski definition) is 4. The third kappa shape index (κ3) is 3.89. The summed E-state index contributed by atoms with van der Waals surface area (Å²) in [5, 5.41) is 1.77. The van der Waals surface area contributed by atoms with Crippen LogP contribution in [0, 0.1) is 3.95 Å². The maximum Gasteiger partial charge on any atom is 0.158 e. The van der Waals surface area contributed by atoms with Gasteiger partial charge in [0.05, 0.1) is 11.5 Å². The van der Waals surface area contributed by atoms with Crippen LogP contribution in [0.2, 0.25) is 0 Å². The number of hydrogen-bond donors (Lipinski definition) is 1. The number of thiazole rings is 1. The molecule has 0 spiro atoms. The number of rotatable bonds is 5. The SMILES string of the molecule is CCCCS(=O)(=O)Cc1csc(=S)[nH]1. The standard InChI is InChI=1S/C8H13NO2S3/c1-2-3-4-14(10,11)6-7-5-13-8(12)9-7/h5H,2-4,6H2,1H3,(H,9,12). The summed E-state index contributed by atoms with van der Waals surface area (Å²) >= 11 is 6.24. The van der Waals surface area contributed by atoms with E-state index in [1.54, 1.807) is 5.38 Å². The number of unbranched alkanes of at least 4 members (excludes halogenated alkanes) is 1. The number of aromatic amines is 1. The fourth-order valence-electron chi connectivity index (χ4n) is 1.06. The summed E-state index contributed by atoms with van der Waals surface area (Å²) in [5.41, 5.74) is 0.705. The Balaban J connectivity index is 2.64. The molecule has 1 N–H and O–H groups in total. The molecule has 0 bridgehead atoms. The van der Waals surface area contributed by atoms with Gasteiger partial charge in [-0.3, -0.25) is 0 Å². The fourth-order valence-corrected chi connectivity index (χ4v) is 3.52. The zero-order valence-electron chi connectivity index (χ0n) is 7.95. The van der Waals surface area contributed by atoms with Crippen LogP contribution in [0.1, 0.15) is 25.5 Å². The Morgan fingerprint density at radius 2 is 2.29 bits per heavy atom. The van der Waals surface area contributed by atoms with Gasteiger partial charge >= 0.3 is 0 Å². The molecular formula is C8H13NO2S3. The van der Waals surface area contributed by atoms with Gasteiger partial charge in [-0.1, -0.05) is 13.3 Å². The second kappa shape index (κ2) is 5.04. The monoisotopic (exact) mass is 251 g/mol. The van der Waals surface area contributed by atoms with Crippen LogP contribution in [-0.4, -0.2) is 19.2 Å². The Labute approximate surface area is 93.1 Å². The first kappa shape index (κ1) is 11.9. The zero-order valence-corrected chi connectivity index (χ0v) is 10.4. The molecule has 3 nitrogen and oxygen atoms in total. The van der Waals surface area contributed by atoms with Gasteiger partial charge in [-0.05, 0) is 18.6 Å². The van der Waals surface area contributed by atoms with Gasteiger partial charge in [0.1, 0.15) is 0 Å². The number of sulfone groups is 1. The van der Waals surface area contributed by atoms with Crippen molar-refractivity contribution in [3.63, 3.8) is 0 Å². The maximum absolute atomic E-state index is 11.5. The average Bonchev–Trinajstić information content (AvgIpc) is 2.47. The second-order valence-electron chi connectivity index (χ2n) is 3.12. The van der Waals surface area contributed by atoms with Crippen molar-refractivity contribution in [1.29, 1.82) is 0 Å². The van der Waals surface area contributed by atoms with E-state index in [1.807, 2.05) is 6.92 Å². The Morgan fingerprint density at radius 3 is 2.79 bits per heavy atom. The molecule has 0 radical (unpaired) electrons. The molecule has 80 valence electrons. The van der Waals surface area contributed by atoms with Gasteiger partial charge in [-0.15, -0.1) is 11.3 Å². The topological polar surface area (TPSA) is 49.9 Å². The van der Waals surface area contributed by atoms with E-state index in [9.17, 15) is 8.42 Å². The summed E-state index contributed by atoms with van der Waals surface area (Å²) in [5.74, 6) is 0.347. The quantitative estimate of drug-likeness (QED) is 0.818. The van der Waals surface area contributed by atoms with Gasteiger partial charge in [0, 0.05) is 11.1 Å². The largest absolute Gasteiger partial charge is 0.340 e. The molecule has 1 aromatic heterocycles. The van der Waals surface area contributed by atoms with Crippen molar-refractivity contribution < 1.29 is 8.42 Å². The molecule has 0 saturated carbocycles. The predicted octanol–water partition coefficient (Wildman–Crippen LogP) is 2.52. The molecule has 0 saturated heterocycles. The average molecular weight is 251 g/mol. The molecule has 0 fully saturated rings. The van der Waals surface area contributed by atoms with Crippen LogP contribution in [0.3, 0.4) is 0 Å². The van der Waals surface area contributed by atoms with Crippen LogP contribution in [0.5, 0.6) is 0 Å². The number of aromatic nitrogens is 1. The van der Waals surface area contributed by atoms with Gasteiger partial charge in [0.2, 0.25) is 0 Å². The van der Waals surface area contributed by atoms with Crippen molar-refractivity contribution in [2.75, 3.05) is 5.75 Å². The molecule has 14 heavy (non-hydrogen) atoms. The molecule has 1 rings (SSSR count). The first-order chi connectivity index (χ1) is 6.53. The van der Waals surface area contributed by atoms with Crippen molar-refractivity contribution in [3.05, 3.63) is 15.0 Å². The summed E-state index contributed by atoms with van der Waals surface area (Å²) in [4.78, 5) is 2.86. The highest BCUT2D eigenvalue weighted by Gasteiger charge is 2.11. The first-order valence-corrected chi connectivity index (χ1v) is 7.51. The van der Waals surface area contributed by atoms with Crippen LogP contribution in [0.15, 0.2) is 5.38 Å². The van der Waals surface area contributed by atoms with Crippen molar-refractivity contribution >= 4 is 33.4 Å². The maximum atomic E-state index is 11.5. The van der Waals surface area contributed by atoms with E-state index >= 15 is 0 Å². The predicted molar refractivity (Wildman–Crippen MR) is 61.9 cm³/mol. The van der Waals surface area contributed by atoms with E-state index < -0.39 is 9.84 Å². The molecule has 0 amide bonds. The third-order valence-electron chi connectivity index (χ3n) is 1.76. The normalized spacial score (nSPS) is 11.8. The highest BCUT2D eigenvalue weighted by molar-refractivity contribution is 7.90. The van der Waals surface area contributed by atoms with Crippen LogP contribution in [0.4, 0.5) is 0 Å². The van der Waals surface area contributed by atoms with Crippen molar-refractivity contribution in [2.45, 2.75) is 25.5 Å². The van der Waals surface area contributed by atoms with E-state index in [0.29, 0.717) is 9.65 Å². The molecule has 0 aliphatic carbocycles. The molecule has 0 unspecified atom stereocenters. The molecule has 0 atom stereocenters. The highest BCUT2D eigenvalue weighted by Crippen LogP contribution is 2.10. The van der Waals surface area contributed by atoms with Gasteiger partial charge in [-0.25, -0.2) is 8.42 Å². The van der Waals surface area contributed by atoms with Crippen LogP contribution < -0.4 is 0 Å². The molecule has 6 heteroatoms. The number of H-pyrrole nitrogens is 1. The van der Waals surface area contributed by atoms with E-state index in [4.69, 9.17) is 12.2 Å². The minimum Gasteiger partial charge on any atom is -0.340 e. The second-order valence-corrected chi connectivity index (χ2v) is 6.85. The van der Waals surface area contributed by atoms with Crippen LogP contribution in [-0.2, 0) is 15.6 Å². The smallest absolute Gasteiger partial charge is 0.158 e. The molecule has 0 aromatic carbocycles. The van der Waals surface area contributed by atoms with Crippen molar-refractivity contribution in [2.24, 2.45) is 0 Å². The van der Waals surface area contributed by atoms with Gasteiger partial charge < -0.3 is 4.98 Å². The fraction of sp³-hybridized carbons (Fsp3) is 0.625. The summed E-state index contributed by atoms with van der Waals surface area (Å²) in [7, 11) is -2.95. The highest BCUT2D eigenvalue weighted by atomic mass is 32.2. The minimum absolute atomic E-state index is 0.0835. The lowest BCUT2D eigenvalue weighted by molar-refractivity contribution is 0.591. The first-order valence-electron chi connectivity index (χ1n) is 4.40. The van der Waals surface area contributed by atoms with Crippen LogP contribution >= 0.6 is 23.6 Å². The Hall–Kier alpha value is -0.200. The van der Waals surface area contributed by atoms with Crippen molar-refractivity contribution in [1.82, 2.24) is 4.98 Å². The van der Waals surface area contributed by atoms with Crippen molar-refractivity contribution in [3.8, 4) is 0 Å². The van der Waals surface area contributed by atoms with Gasteiger partial charge in [0.25, 0.3) is 0 Å². The molecule has 0 aliphatic heterocycles. The summed E-state index contributed by atoms with van der Waals surface area (Å²) in [6.45, 7) is 1.98. The third-order valence-corrected chi connectivity index (χ3v) is 4.53. The zero-order chi connectivity index (χ0) is 10.6. The summed E-state index contributed by atoms with van der Waals surface area (Å²) in [6.07, 6.45) is 1.63. The summed E-state index contributed by atoms with van der Waals surface area (Å²) in [6, 6.07) is 0. The Kier molecular flexibility index (Phi) is 4.28. The molecule has 1 heterocycles. The molecule has 1 aromatic rings. The summed E-state index contributed by atoms with van der Waals surface area (Å²) < 4.78 is 23.7. The Morgan fingerprint density at radius 1 is 1.57 bits per heavy atom. The lowest BCUT2D eigenvalue weighted by Crippen LogP contribution is -2.09. The van der Waals surface area contributed by atoms with E-state index in [2.05, 4.69) is 4.98 Å².